The second-order valence-electron chi connectivity index (χ2n) is 4.43. The smallest absolute Gasteiger partial charge is 0.226 e. The van der Waals surface area contributed by atoms with Gasteiger partial charge in [-0.2, -0.15) is 10.1 Å². The van der Waals surface area contributed by atoms with Crippen molar-refractivity contribution in [2.75, 3.05) is 12.3 Å². The molecule has 3 heterocycles. The van der Waals surface area contributed by atoms with E-state index in [1.807, 2.05) is 0 Å². The Bertz CT molecular complexity index is 650. The SMILES string of the molecule is Nc1nc(Cl)nc2c1cnn2[C@@H]1O[C@H](CO)[C@@H](O)[C@H]1O. The zero-order valence-corrected chi connectivity index (χ0v) is 10.8. The Morgan fingerprint density at radius 2 is 2.10 bits per heavy atom. The number of aliphatic hydroxyl groups excluding tert-OH is 3. The van der Waals surface area contributed by atoms with E-state index in [0.29, 0.717) is 5.39 Å². The third-order valence-electron chi connectivity index (χ3n) is 3.21. The molecule has 1 fully saturated rings. The van der Waals surface area contributed by atoms with Gasteiger partial charge in [0.15, 0.2) is 11.9 Å². The van der Waals surface area contributed by atoms with Crippen LogP contribution in [0, 0.1) is 0 Å². The van der Waals surface area contributed by atoms with E-state index in [1.165, 1.54) is 10.9 Å². The summed E-state index contributed by atoms with van der Waals surface area (Å²) in [7, 11) is 0. The van der Waals surface area contributed by atoms with E-state index in [9.17, 15) is 10.2 Å². The lowest BCUT2D eigenvalue weighted by Gasteiger charge is -2.15. The molecule has 0 unspecified atom stereocenters. The fourth-order valence-electron chi connectivity index (χ4n) is 2.19. The number of nitrogen functional groups attached to an aromatic ring is 1. The van der Waals surface area contributed by atoms with Crippen LogP contribution < -0.4 is 5.73 Å². The standard InChI is InChI=1S/C10H12ClN5O4/c11-10-14-7(12)3-1-13-16(8(3)15-10)9-6(19)5(18)4(2-17)20-9/h1,4-6,9,17-19H,2H2,(H2,12,14,15)/t4-,5-,6-,9-/m1/s1. The molecule has 3 rings (SSSR count). The number of hydrogen-bond donors (Lipinski definition) is 4. The molecule has 1 aliphatic heterocycles. The fraction of sp³-hybridized carbons (Fsp3) is 0.500. The van der Waals surface area contributed by atoms with Crippen molar-refractivity contribution in [2.24, 2.45) is 0 Å². The number of halogens is 1. The number of fused-ring (bicyclic) bond motifs is 1. The molecular formula is C10H12ClN5O4. The number of aliphatic hydroxyl groups is 3. The zero-order valence-electron chi connectivity index (χ0n) is 10.1. The van der Waals surface area contributed by atoms with Gasteiger partial charge in [-0.3, -0.25) is 0 Å². The van der Waals surface area contributed by atoms with Crippen molar-refractivity contribution in [1.29, 1.82) is 0 Å². The van der Waals surface area contributed by atoms with Gasteiger partial charge in [0.05, 0.1) is 18.2 Å². The molecule has 9 nitrogen and oxygen atoms in total. The van der Waals surface area contributed by atoms with Crippen molar-refractivity contribution in [3.05, 3.63) is 11.5 Å². The minimum atomic E-state index is -1.26. The number of rotatable bonds is 2. The van der Waals surface area contributed by atoms with Gasteiger partial charge in [0.2, 0.25) is 5.28 Å². The average molecular weight is 302 g/mol. The first-order valence-corrected chi connectivity index (χ1v) is 6.19. The van der Waals surface area contributed by atoms with E-state index >= 15 is 0 Å². The van der Waals surface area contributed by atoms with Crippen LogP contribution in [-0.4, -0.2) is 60.0 Å². The van der Waals surface area contributed by atoms with Crippen molar-refractivity contribution in [3.63, 3.8) is 0 Å². The largest absolute Gasteiger partial charge is 0.394 e. The number of ether oxygens (including phenoxy) is 1. The van der Waals surface area contributed by atoms with Crippen LogP contribution in [0.5, 0.6) is 0 Å². The molecule has 0 saturated carbocycles. The Morgan fingerprint density at radius 3 is 2.75 bits per heavy atom. The number of hydrogen-bond acceptors (Lipinski definition) is 8. The highest BCUT2D eigenvalue weighted by atomic mass is 35.5. The number of aromatic nitrogens is 4. The quantitative estimate of drug-likeness (QED) is 0.500. The molecule has 0 bridgehead atoms. The maximum absolute atomic E-state index is 9.97. The van der Waals surface area contributed by atoms with Gasteiger partial charge >= 0.3 is 0 Å². The lowest BCUT2D eigenvalue weighted by molar-refractivity contribution is -0.0566. The first kappa shape index (κ1) is 13.5. The van der Waals surface area contributed by atoms with Crippen molar-refractivity contribution < 1.29 is 20.1 Å². The topological polar surface area (TPSA) is 140 Å². The molecule has 5 N–H and O–H groups in total. The van der Waals surface area contributed by atoms with E-state index in [-0.39, 0.29) is 16.7 Å². The molecule has 0 aliphatic carbocycles. The first-order valence-electron chi connectivity index (χ1n) is 5.81. The molecule has 2 aromatic rings. The summed E-state index contributed by atoms with van der Waals surface area (Å²) in [6.45, 7) is -0.425. The van der Waals surface area contributed by atoms with Gasteiger partial charge in [-0.15, -0.1) is 0 Å². The molecule has 0 aromatic carbocycles. The second kappa shape index (κ2) is 4.79. The van der Waals surface area contributed by atoms with E-state index in [1.54, 1.807) is 0 Å². The van der Waals surface area contributed by atoms with Crippen LogP contribution in [0.1, 0.15) is 6.23 Å². The van der Waals surface area contributed by atoms with Crippen molar-refractivity contribution in [2.45, 2.75) is 24.5 Å². The van der Waals surface area contributed by atoms with Crippen LogP contribution in [0.3, 0.4) is 0 Å². The van der Waals surface area contributed by atoms with Crippen molar-refractivity contribution >= 4 is 28.5 Å². The molecular weight excluding hydrogens is 290 g/mol. The molecule has 0 radical (unpaired) electrons. The zero-order chi connectivity index (χ0) is 14.4. The monoisotopic (exact) mass is 301 g/mol. The van der Waals surface area contributed by atoms with Gasteiger partial charge in [-0.1, -0.05) is 0 Å². The molecule has 1 saturated heterocycles. The molecule has 108 valence electrons. The van der Waals surface area contributed by atoms with E-state index in [2.05, 4.69) is 15.1 Å². The summed E-state index contributed by atoms with van der Waals surface area (Å²) < 4.78 is 6.63. The normalized spacial score (nSPS) is 30.2. The average Bonchev–Trinajstić information content (AvgIpc) is 2.93. The Labute approximate surface area is 117 Å². The van der Waals surface area contributed by atoms with Crippen LogP contribution in [-0.2, 0) is 4.74 Å². The van der Waals surface area contributed by atoms with Gasteiger partial charge in [-0.25, -0.2) is 9.67 Å². The Morgan fingerprint density at radius 1 is 1.35 bits per heavy atom. The molecule has 2 aromatic heterocycles. The van der Waals surface area contributed by atoms with Gasteiger partial charge in [-0.05, 0) is 11.6 Å². The first-order chi connectivity index (χ1) is 9.52. The van der Waals surface area contributed by atoms with Crippen LogP contribution in [0.4, 0.5) is 5.82 Å². The molecule has 0 spiro atoms. The predicted molar refractivity (Wildman–Crippen MR) is 67.8 cm³/mol. The van der Waals surface area contributed by atoms with Crippen LogP contribution in [0.15, 0.2) is 6.20 Å². The summed E-state index contributed by atoms with van der Waals surface area (Å²) >= 11 is 5.74. The third-order valence-corrected chi connectivity index (χ3v) is 3.38. The van der Waals surface area contributed by atoms with Crippen LogP contribution in [0.25, 0.3) is 11.0 Å². The van der Waals surface area contributed by atoms with Crippen molar-refractivity contribution in [3.8, 4) is 0 Å². The summed E-state index contributed by atoms with van der Waals surface area (Å²) in [5.74, 6) is 0.151. The number of nitrogens with zero attached hydrogens (tertiary/aromatic N) is 4. The maximum Gasteiger partial charge on any atom is 0.226 e. The lowest BCUT2D eigenvalue weighted by atomic mass is 10.1. The second-order valence-corrected chi connectivity index (χ2v) is 4.77. The molecule has 20 heavy (non-hydrogen) atoms. The third kappa shape index (κ3) is 1.91. The Kier molecular flexibility index (Phi) is 3.22. The van der Waals surface area contributed by atoms with E-state index < -0.39 is 31.1 Å². The van der Waals surface area contributed by atoms with Crippen molar-refractivity contribution in [1.82, 2.24) is 19.7 Å². The Balaban J connectivity index is 2.07. The van der Waals surface area contributed by atoms with Gasteiger partial charge < -0.3 is 25.8 Å². The summed E-state index contributed by atoms with van der Waals surface area (Å²) in [4.78, 5) is 7.78. The highest BCUT2D eigenvalue weighted by Crippen LogP contribution is 2.31. The van der Waals surface area contributed by atoms with Crippen LogP contribution in [0.2, 0.25) is 5.28 Å². The molecule has 10 heteroatoms. The molecule has 4 atom stereocenters. The Hall–Kier alpha value is -1.52. The fourth-order valence-corrected chi connectivity index (χ4v) is 2.36. The van der Waals surface area contributed by atoms with E-state index in [0.717, 1.165) is 0 Å². The predicted octanol–water partition coefficient (Wildman–Crippen LogP) is -1.33. The minimum absolute atomic E-state index is 0.0662. The highest BCUT2D eigenvalue weighted by molar-refractivity contribution is 6.28. The molecule has 1 aliphatic rings. The van der Waals surface area contributed by atoms with Gasteiger partial charge in [0.1, 0.15) is 24.1 Å². The summed E-state index contributed by atoms with van der Waals surface area (Å²) in [6.07, 6.45) is -2.96. The summed E-state index contributed by atoms with van der Waals surface area (Å²) in [5, 5.41) is 33.2. The molecule has 0 amide bonds. The number of nitrogens with two attached hydrogens (primary N) is 1. The number of anilines is 1. The maximum atomic E-state index is 9.97. The highest BCUT2D eigenvalue weighted by Gasteiger charge is 2.44. The van der Waals surface area contributed by atoms with Gasteiger partial charge in [0.25, 0.3) is 0 Å². The lowest BCUT2D eigenvalue weighted by Crippen LogP contribution is -2.33. The van der Waals surface area contributed by atoms with E-state index in [4.69, 9.17) is 27.2 Å². The van der Waals surface area contributed by atoms with Gasteiger partial charge in [0, 0.05) is 0 Å². The summed E-state index contributed by atoms with van der Waals surface area (Å²) in [6, 6.07) is 0. The minimum Gasteiger partial charge on any atom is -0.394 e. The summed E-state index contributed by atoms with van der Waals surface area (Å²) in [5.41, 5.74) is 5.98. The van der Waals surface area contributed by atoms with Crippen LogP contribution >= 0.6 is 11.6 Å².